The van der Waals surface area contributed by atoms with Gasteiger partial charge in [-0.3, -0.25) is 9.59 Å². The van der Waals surface area contributed by atoms with Crippen LogP contribution in [0.25, 0.3) is 0 Å². The van der Waals surface area contributed by atoms with E-state index in [4.69, 9.17) is 14.6 Å². The van der Waals surface area contributed by atoms with E-state index in [9.17, 15) is 14.0 Å². The summed E-state index contributed by atoms with van der Waals surface area (Å²) in [5, 5.41) is 11.7. The Labute approximate surface area is 183 Å². The Hall–Kier alpha value is -2.45. The fourth-order valence-electron chi connectivity index (χ4n) is 3.61. The van der Waals surface area contributed by atoms with Crippen LogP contribution in [-0.4, -0.2) is 67.4 Å². The summed E-state index contributed by atoms with van der Waals surface area (Å²) in [6, 6.07) is 5.82. The first-order chi connectivity index (χ1) is 15.0. The standard InChI is InChI=1S/C23H33FN2O5/c1-3-4-9-22(28)26(11-13-30-2)18-14-17(23(29)25-10-12-27)15-19(16-18)31-21-8-6-5-7-20(21)24/h5-8,15,18-19,27H,3-4,9-14,16H2,1-2H3,(H,25,29). The monoisotopic (exact) mass is 436 g/mol. The Balaban J connectivity index is 2.26. The third-order valence-electron chi connectivity index (χ3n) is 5.19. The van der Waals surface area contributed by atoms with E-state index in [0.717, 1.165) is 12.8 Å². The number of rotatable bonds is 12. The highest BCUT2D eigenvalue weighted by Gasteiger charge is 2.33. The molecule has 0 bridgehead atoms. The van der Waals surface area contributed by atoms with E-state index in [-0.39, 0.29) is 36.8 Å². The second-order valence-corrected chi connectivity index (χ2v) is 7.54. The topological polar surface area (TPSA) is 88.1 Å². The lowest BCUT2D eigenvalue weighted by Crippen LogP contribution is -2.47. The molecule has 2 rings (SSSR count). The minimum atomic E-state index is -0.574. The molecule has 0 aromatic heterocycles. The second-order valence-electron chi connectivity index (χ2n) is 7.54. The third kappa shape index (κ3) is 7.63. The number of carbonyl (C=O) groups is 2. The molecule has 1 aliphatic carbocycles. The lowest BCUT2D eigenvalue weighted by Gasteiger charge is -2.37. The highest BCUT2D eigenvalue weighted by Crippen LogP contribution is 2.28. The van der Waals surface area contributed by atoms with Crippen molar-refractivity contribution in [3.05, 3.63) is 41.7 Å². The Morgan fingerprint density at radius 2 is 2.10 bits per heavy atom. The van der Waals surface area contributed by atoms with Gasteiger partial charge in [0.05, 0.1) is 13.2 Å². The van der Waals surface area contributed by atoms with E-state index in [2.05, 4.69) is 5.32 Å². The number of aliphatic hydroxyl groups excluding tert-OH is 1. The normalized spacial score (nSPS) is 18.3. The lowest BCUT2D eigenvalue weighted by molar-refractivity contribution is -0.135. The van der Waals surface area contributed by atoms with Gasteiger partial charge in [-0.1, -0.05) is 25.5 Å². The number of ether oxygens (including phenoxy) is 2. The molecule has 8 heteroatoms. The first-order valence-corrected chi connectivity index (χ1v) is 10.8. The van der Waals surface area contributed by atoms with Gasteiger partial charge in [-0.05, 0) is 31.1 Å². The zero-order valence-corrected chi connectivity index (χ0v) is 18.3. The molecule has 2 N–H and O–H groups in total. The summed E-state index contributed by atoms with van der Waals surface area (Å²) in [6.45, 7) is 2.76. The second kappa shape index (κ2) is 13.1. The number of hydrogen-bond acceptors (Lipinski definition) is 5. The number of hydrogen-bond donors (Lipinski definition) is 2. The van der Waals surface area contributed by atoms with Crippen molar-refractivity contribution >= 4 is 11.8 Å². The summed E-state index contributed by atoms with van der Waals surface area (Å²) in [4.78, 5) is 27.2. The quantitative estimate of drug-likeness (QED) is 0.526. The molecule has 0 spiro atoms. The van der Waals surface area contributed by atoms with E-state index in [0.29, 0.717) is 38.0 Å². The fourth-order valence-corrected chi connectivity index (χ4v) is 3.61. The Morgan fingerprint density at radius 1 is 1.32 bits per heavy atom. The average Bonchev–Trinajstić information content (AvgIpc) is 2.77. The summed E-state index contributed by atoms with van der Waals surface area (Å²) in [5.74, 6) is -0.709. The predicted molar refractivity (Wildman–Crippen MR) is 115 cm³/mol. The zero-order chi connectivity index (χ0) is 22.6. The minimum absolute atomic E-state index is 0.00515. The molecule has 7 nitrogen and oxygen atoms in total. The number of methoxy groups -OCH3 is 1. The molecular weight excluding hydrogens is 403 g/mol. The summed E-state index contributed by atoms with van der Waals surface area (Å²) in [5.41, 5.74) is 0.455. The molecular formula is C23H33FN2O5. The van der Waals surface area contributed by atoms with Gasteiger partial charge in [-0.25, -0.2) is 4.39 Å². The van der Waals surface area contributed by atoms with Crippen molar-refractivity contribution in [3.8, 4) is 5.75 Å². The smallest absolute Gasteiger partial charge is 0.247 e. The number of amides is 2. The molecule has 0 saturated heterocycles. The van der Waals surface area contributed by atoms with Gasteiger partial charge in [0.2, 0.25) is 11.8 Å². The van der Waals surface area contributed by atoms with Gasteiger partial charge in [0.25, 0.3) is 0 Å². The largest absolute Gasteiger partial charge is 0.483 e. The molecule has 1 aliphatic rings. The van der Waals surface area contributed by atoms with E-state index >= 15 is 0 Å². The summed E-state index contributed by atoms with van der Waals surface area (Å²) < 4.78 is 25.2. The molecule has 0 aliphatic heterocycles. The molecule has 2 unspecified atom stereocenters. The highest BCUT2D eigenvalue weighted by atomic mass is 19.1. The molecule has 0 saturated carbocycles. The van der Waals surface area contributed by atoms with Crippen LogP contribution in [0.15, 0.2) is 35.9 Å². The van der Waals surface area contributed by atoms with Crippen LogP contribution >= 0.6 is 0 Å². The van der Waals surface area contributed by atoms with E-state index in [1.165, 1.54) is 12.1 Å². The van der Waals surface area contributed by atoms with Crippen molar-refractivity contribution in [2.75, 3.05) is 33.4 Å². The number of aliphatic hydroxyl groups is 1. The number of benzene rings is 1. The van der Waals surface area contributed by atoms with Gasteiger partial charge in [0.15, 0.2) is 11.6 Å². The van der Waals surface area contributed by atoms with E-state index in [1.807, 2.05) is 6.92 Å². The molecule has 0 heterocycles. The number of unbranched alkanes of at least 4 members (excludes halogenated alkanes) is 1. The first kappa shape index (κ1) is 24.8. The molecule has 1 aromatic carbocycles. The van der Waals surface area contributed by atoms with Gasteiger partial charge >= 0.3 is 0 Å². The Morgan fingerprint density at radius 3 is 2.77 bits per heavy atom. The van der Waals surface area contributed by atoms with Gasteiger partial charge in [-0.2, -0.15) is 0 Å². The molecule has 0 fully saturated rings. The minimum Gasteiger partial charge on any atom is -0.483 e. The molecule has 31 heavy (non-hydrogen) atoms. The van der Waals surface area contributed by atoms with E-state index < -0.39 is 11.9 Å². The van der Waals surface area contributed by atoms with Crippen molar-refractivity contribution in [2.45, 2.75) is 51.2 Å². The van der Waals surface area contributed by atoms with Crippen molar-refractivity contribution in [2.24, 2.45) is 0 Å². The van der Waals surface area contributed by atoms with Crippen molar-refractivity contribution in [1.29, 1.82) is 0 Å². The first-order valence-electron chi connectivity index (χ1n) is 10.8. The average molecular weight is 437 g/mol. The van der Waals surface area contributed by atoms with Gasteiger partial charge in [-0.15, -0.1) is 0 Å². The number of halogens is 1. The van der Waals surface area contributed by atoms with Crippen LogP contribution in [0.2, 0.25) is 0 Å². The zero-order valence-electron chi connectivity index (χ0n) is 18.3. The van der Waals surface area contributed by atoms with Crippen LogP contribution in [0.5, 0.6) is 5.75 Å². The molecule has 2 atom stereocenters. The number of nitrogens with one attached hydrogen (secondary N) is 1. The Kier molecular flexibility index (Phi) is 10.5. The highest BCUT2D eigenvalue weighted by molar-refractivity contribution is 5.94. The third-order valence-corrected chi connectivity index (χ3v) is 5.19. The van der Waals surface area contributed by atoms with Crippen LogP contribution < -0.4 is 10.1 Å². The number of para-hydroxylation sites is 1. The SMILES string of the molecule is CCCCC(=O)N(CCOC)C1CC(C(=O)NCCO)=CC(Oc2ccccc2F)C1. The van der Waals surface area contributed by atoms with Gasteiger partial charge in [0.1, 0.15) is 6.10 Å². The van der Waals surface area contributed by atoms with Crippen LogP contribution in [-0.2, 0) is 14.3 Å². The molecule has 2 amide bonds. The van der Waals surface area contributed by atoms with Gasteiger partial charge < -0.3 is 24.8 Å². The predicted octanol–water partition coefficient (Wildman–Crippen LogP) is 2.44. The number of nitrogens with zero attached hydrogens (tertiary/aromatic N) is 1. The van der Waals surface area contributed by atoms with Crippen LogP contribution in [0.3, 0.4) is 0 Å². The maximum Gasteiger partial charge on any atom is 0.247 e. The summed E-state index contributed by atoms with van der Waals surface area (Å²) >= 11 is 0. The van der Waals surface area contributed by atoms with Gasteiger partial charge in [0, 0.05) is 44.7 Å². The number of carbonyl (C=O) groups excluding carboxylic acids is 2. The van der Waals surface area contributed by atoms with Crippen LogP contribution in [0, 0.1) is 5.82 Å². The maximum atomic E-state index is 14.1. The molecule has 1 aromatic rings. The Bertz CT molecular complexity index is 755. The summed E-state index contributed by atoms with van der Waals surface area (Å²) in [7, 11) is 1.58. The van der Waals surface area contributed by atoms with Crippen LogP contribution in [0.1, 0.15) is 39.0 Å². The lowest BCUT2D eigenvalue weighted by atomic mass is 9.90. The maximum absolute atomic E-state index is 14.1. The van der Waals surface area contributed by atoms with E-state index in [1.54, 1.807) is 30.2 Å². The fraction of sp³-hybridized carbons (Fsp3) is 0.565. The van der Waals surface area contributed by atoms with Crippen molar-refractivity contribution in [3.63, 3.8) is 0 Å². The molecule has 172 valence electrons. The summed E-state index contributed by atoms with van der Waals surface area (Å²) in [6.07, 6.45) is 4.01. The van der Waals surface area contributed by atoms with Crippen LogP contribution in [0.4, 0.5) is 4.39 Å². The van der Waals surface area contributed by atoms with Crippen molar-refractivity contribution in [1.82, 2.24) is 10.2 Å². The van der Waals surface area contributed by atoms with Crippen molar-refractivity contribution < 1.29 is 28.6 Å². The molecule has 0 radical (unpaired) electrons.